The Morgan fingerprint density at radius 1 is 0.542 bits per heavy atom. The minimum Gasteiger partial charge on any atom is -0.263 e. The Morgan fingerprint density at radius 2 is 1.25 bits per heavy atom. The predicted octanol–water partition coefficient (Wildman–Crippen LogP) is 5.08. The molecule has 0 N–H and O–H groups in total. The van der Waals surface area contributed by atoms with E-state index in [1.54, 1.807) is 0 Å². The number of nitrogens with zero attached hydrogens (tertiary/aromatic N) is 3. The van der Waals surface area contributed by atoms with Crippen LogP contribution in [0.25, 0.3) is 54.4 Å². The van der Waals surface area contributed by atoms with Crippen LogP contribution in [0.4, 0.5) is 0 Å². The second kappa shape index (κ2) is 4.15. The highest BCUT2D eigenvalue weighted by atomic mass is 14.7. The number of hydrogen-bond donors (Lipinski definition) is 0. The third kappa shape index (κ3) is 1.39. The normalized spacial score (nSPS) is 12.2. The van der Waals surface area contributed by atoms with Gasteiger partial charge in [0.05, 0.1) is 22.1 Å². The Kier molecular flexibility index (Phi) is 2.10. The van der Waals surface area contributed by atoms with Gasteiger partial charge in [0, 0.05) is 44.7 Å². The zero-order valence-electron chi connectivity index (χ0n) is 12.7. The van der Waals surface area contributed by atoms with E-state index < -0.39 is 0 Å². The Bertz CT molecular complexity index is 1400. The SMILES string of the molecule is c1ccc2c(c1)nc1c2cc2nc3ccccc3c2c2cncc21. The first kappa shape index (κ1) is 12.1. The predicted molar refractivity (Wildman–Crippen MR) is 98.5 cm³/mol. The molecule has 0 spiro atoms. The standard InChI is InChI=1S/C21H11N3/c1-3-7-17-12(5-1)14-9-19-20(13-6-2-4-8-18(13)23-19)15-10-22-11-16(15)21(14)24-17/h1-11H. The molecule has 6 aromatic rings. The molecular formula is C21H11N3. The second-order valence-corrected chi connectivity index (χ2v) is 6.16. The zero-order valence-corrected chi connectivity index (χ0v) is 12.7. The summed E-state index contributed by atoms with van der Waals surface area (Å²) in [6.45, 7) is 0. The van der Waals surface area contributed by atoms with Crippen LogP contribution < -0.4 is 0 Å². The van der Waals surface area contributed by atoms with Crippen molar-refractivity contribution in [2.75, 3.05) is 0 Å². The highest BCUT2D eigenvalue weighted by Gasteiger charge is 2.14. The van der Waals surface area contributed by atoms with E-state index in [1.165, 1.54) is 16.2 Å². The average Bonchev–Trinajstić information content (AvgIpc) is 3.28. The van der Waals surface area contributed by atoms with Crippen molar-refractivity contribution < 1.29 is 0 Å². The summed E-state index contributed by atoms with van der Waals surface area (Å²) in [5, 5.41) is 6.86. The minimum atomic E-state index is 1.00. The number of fused-ring (bicyclic) bond motifs is 9. The molecule has 3 heteroatoms. The van der Waals surface area contributed by atoms with Gasteiger partial charge in [0.25, 0.3) is 0 Å². The molecule has 6 rings (SSSR count). The van der Waals surface area contributed by atoms with Gasteiger partial charge in [-0.3, -0.25) is 4.98 Å². The molecule has 0 atom stereocenters. The van der Waals surface area contributed by atoms with Crippen LogP contribution in [0.2, 0.25) is 0 Å². The molecular weight excluding hydrogens is 294 g/mol. The molecule has 0 saturated carbocycles. The fourth-order valence-electron chi connectivity index (χ4n) is 3.80. The summed E-state index contributed by atoms with van der Waals surface area (Å²) in [6, 6.07) is 18.7. The summed E-state index contributed by atoms with van der Waals surface area (Å²) in [7, 11) is 0. The summed E-state index contributed by atoms with van der Waals surface area (Å²) in [4.78, 5) is 14.2. The number of aromatic nitrogens is 3. The maximum Gasteiger partial charge on any atom is 0.0811 e. The van der Waals surface area contributed by atoms with E-state index in [4.69, 9.17) is 9.97 Å². The second-order valence-electron chi connectivity index (χ2n) is 6.16. The van der Waals surface area contributed by atoms with E-state index in [0.29, 0.717) is 0 Å². The molecule has 0 radical (unpaired) electrons. The van der Waals surface area contributed by atoms with Gasteiger partial charge in [-0.25, -0.2) is 9.97 Å². The first-order valence-corrected chi connectivity index (χ1v) is 7.97. The molecule has 3 aromatic carbocycles. The van der Waals surface area contributed by atoms with Gasteiger partial charge >= 0.3 is 0 Å². The molecule has 24 heavy (non-hydrogen) atoms. The van der Waals surface area contributed by atoms with Crippen LogP contribution in [0.3, 0.4) is 0 Å². The third-order valence-corrected chi connectivity index (χ3v) is 4.85. The Hall–Kier alpha value is -3.33. The van der Waals surface area contributed by atoms with E-state index in [-0.39, 0.29) is 0 Å². The van der Waals surface area contributed by atoms with Crippen molar-refractivity contribution in [3.63, 3.8) is 0 Å². The topological polar surface area (TPSA) is 38.7 Å². The van der Waals surface area contributed by atoms with Crippen molar-refractivity contribution in [1.29, 1.82) is 0 Å². The van der Waals surface area contributed by atoms with Gasteiger partial charge in [-0.1, -0.05) is 36.4 Å². The Morgan fingerprint density at radius 3 is 2.12 bits per heavy atom. The van der Waals surface area contributed by atoms with E-state index in [1.807, 2.05) is 24.5 Å². The lowest BCUT2D eigenvalue weighted by atomic mass is 10.1. The quantitative estimate of drug-likeness (QED) is 0.393. The van der Waals surface area contributed by atoms with Crippen LogP contribution >= 0.6 is 0 Å². The summed E-state index contributed by atoms with van der Waals surface area (Å²) < 4.78 is 0. The smallest absolute Gasteiger partial charge is 0.0811 e. The first-order chi connectivity index (χ1) is 11.9. The van der Waals surface area contributed by atoms with Crippen molar-refractivity contribution in [1.82, 2.24) is 15.0 Å². The Balaban J connectivity index is 2.02. The van der Waals surface area contributed by atoms with Gasteiger partial charge < -0.3 is 0 Å². The lowest BCUT2D eigenvalue weighted by Crippen LogP contribution is -1.67. The lowest BCUT2D eigenvalue weighted by Gasteiger charge is -1.89. The van der Waals surface area contributed by atoms with Crippen molar-refractivity contribution in [3.8, 4) is 0 Å². The zero-order chi connectivity index (χ0) is 15.7. The first-order valence-electron chi connectivity index (χ1n) is 7.97. The molecule has 0 bridgehead atoms. The van der Waals surface area contributed by atoms with E-state index in [0.717, 1.165) is 38.2 Å². The fourth-order valence-corrected chi connectivity index (χ4v) is 3.80. The van der Waals surface area contributed by atoms with Crippen molar-refractivity contribution in [3.05, 3.63) is 67.0 Å². The summed E-state index contributed by atoms with van der Waals surface area (Å²) in [6.07, 6.45) is 3.86. The average molecular weight is 305 g/mol. The Labute approximate surface area is 136 Å². The molecule has 0 aliphatic rings. The van der Waals surface area contributed by atoms with Gasteiger partial charge in [0.2, 0.25) is 0 Å². The minimum absolute atomic E-state index is 1.00. The lowest BCUT2D eigenvalue weighted by molar-refractivity contribution is 1.43. The molecule has 0 aliphatic heterocycles. The number of rotatable bonds is 0. The molecule has 3 nitrogen and oxygen atoms in total. The van der Waals surface area contributed by atoms with E-state index in [9.17, 15) is 0 Å². The van der Waals surface area contributed by atoms with Crippen LogP contribution in [0.5, 0.6) is 0 Å². The highest BCUT2D eigenvalue weighted by molar-refractivity contribution is 6.27. The van der Waals surface area contributed by atoms with Crippen LogP contribution in [0.15, 0.2) is 67.0 Å². The molecule has 3 heterocycles. The monoisotopic (exact) mass is 305 g/mol. The fraction of sp³-hybridized carbons (Fsp3) is 0. The van der Waals surface area contributed by atoms with Crippen molar-refractivity contribution >= 4 is 54.4 Å². The molecule has 0 amide bonds. The van der Waals surface area contributed by atoms with Crippen molar-refractivity contribution in [2.24, 2.45) is 0 Å². The van der Waals surface area contributed by atoms with Crippen LogP contribution in [0, 0.1) is 0 Å². The molecule has 0 fully saturated rings. The van der Waals surface area contributed by atoms with Crippen LogP contribution in [0.1, 0.15) is 0 Å². The summed E-state index contributed by atoms with van der Waals surface area (Å²) in [5.74, 6) is 0. The maximum absolute atomic E-state index is 4.87. The maximum atomic E-state index is 4.87. The largest absolute Gasteiger partial charge is 0.263 e. The molecule has 3 aromatic heterocycles. The van der Waals surface area contributed by atoms with Gasteiger partial charge in [-0.15, -0.1) is 0 Å². The van der Waals surface area contributed by atoms with E-state index in [2.05, 4.69) is 47.4 Å². The number of hydrogen-bond acceptors (Lipinski definition) is 3. The summed E-state index contributed by atoms with van der Waals surface area (Å²) in [5.41, 5.74) is 4.05. The molecule has 110 valence electrons. The highest BCUT2D eigenvalue weighted by Crippen LogP contribution is 2.37. The molecule has 0 saturated heterocycles. The van der Waals surface area contributed by atoms with Gasteiger partial charge in [-0.05, 0) is 18.2 Å². The van der Waals surface area contributed by atoms with Gasteiger partial charge in [-0.2, -0.15) is 0 Å². The van der Waals surface area contributed by atoms with E-state index >= 15 is 0 Å². The number of benzene rings is 2. The van der Waals surface area contributed by atoms with Gasteiger partial charge in [0.15, 0.2) is 0 Å². The van der Waals surface area contributed by atoms with Crippen LogP contribution in [-0.2, 0) is 0 Å². The number of para-hydroxylation sites is 2. The molecule has 0 aliphatic carbocycles. The molecule has 0 unspecified atom stereocenters. The van der Waals surface area contributed by atoms with Crippen LogP contribution in [-0.4, -0.2) is 15.0 Å². The third-order valence-electron chi connectivity index (χ3n) is 4.85. The van der Waals surface area contributed by atoms with Gasteiger partial charge in [0.1, 0.15) is 0 Å². The van der Waals surface area contributed by atoms with Crippen molar-refractivity contribution in [2.45, 2.75) is 0 Å². The summed E-state index contributed by atoms with van der Waals surface area (Å²) >= 11 is 0.